The maximum Gasteiger partial charge on any atom is 0.226 e. The summed E-state index contributed by atoms with van der Waals surface area (Å²) in [7, 11) is 3.69. The van der Waals surface area contributed by atoms with Crippen molar-refractivity contribution in [1.82, 2.24) is 15.2 Å². The Kier molecular flexibility index (Phi) is 4.89. The van der Waals surface area contributed by atoms with Gasteiger partial charge in [0.25, 0.3) is 0 Å². The third kappa shape index (κ3) is 3.57. The van der Waals surface area contributed by atoms with Gasteiger partial charge in [0.15, 0.2) is 0 Å². The summed E-state index contributed by atoms with van der Waals surface area (Å²) in [4.78, 5) is 19.0. The Bertz CT molecular complexity index is 351. The maximum atomic E-state index is 11.9. The van der Waals surface area contributed by atoms with E-state index in [1.807, 2.05) is 34.1 Å². The smallest absolute Gasteiger partial charge is 0.226 e. The molecule has 1 atom stereocenters. The molecule has 0 aliphatic heterocycles. The SMILES string of the molecule is CNCC(C)C(=O)N(C)Cc1cnc(C)s1. The van der Waals surface area contributed by atoms with E-state index >= 15 is 0 Å². The topological polar surface area (TPSA) is 45.2 Å². The van der Waals surface area contributed by atoms with Crippen molar-refractivity contribution in [2.24, 2.45) is 5.92 Å². The van der Waals surface area contributed by atoms with E-state index < -0.39 is 0 Å². The number of nitrogens with zero attached hydrogens (tertiary/aromatic N) is 2. The average molecular weight is 241 g/mol. The summed E-state index contributed by atoms with van der Waals surface area (Å²) in [5.41, 5.74) is 0. The largest absolute Gasteiger partial charge is 0.340 e. The summed E-state index contributed by atoms with van der Waals surface area (Å²) in [6.45, 7) is 5.27. The molecule has 0 radical (unpaired) electrons. The summed E-state index contributed by atoms with van der Waals surface area (Å²) in [5, 5.41) is 4.05. The molecule has 1 amide bonds. The van der Waals surface area contributed by atoms with E-state index in [0.717, 1.165) is 9.88 Å². The molecule has 0 saturated carbocycles. The minimum atomic E-state index is 0.0176. The van der Waals surface area contributed by atoms with E-state index in [4.69, 9.17) is 0 Å². The van der Waals surface area contributed by atoms with Gasteiger partial charge in [-0.2, -0.15) is 0 Å². The standard InChI is InChI=1S/C11H19N3OS/c1-8(5-12-3)11(15)14(4)7-10-6-13-9(2)16-10/h6,8,12H,5,7H2,1-4H3. The Hall–Kier alpha value is -0.940. The zero-order chi connectivity index (χ0) is 12.1. The summed E-state index contributed by atoms with van der Waals surface area (Å²) in [5.74, 6) is 0.185. The van der Waals surface area contributed by atoms with Crippen molar-refractivity contribution in [3.8, 4) is 0 Å². The first-order valence-corrected chi connectivity index (χ1v) is 6.17. The molecule has 1 aromatic rings. The van der Waals surface area contributed by atoms with Gasteiger partial charge < -0.3 is 10.2 Å². The molecule has 1 rings (SSSR count). The fraction of sp³-hybridized carbons (Fsp3) is 0.636. The second-order valence-electron chi connectivity index (χ2n) is 4.00. The Balaban J connectivity index is 2.51. The first-order valence-electron chi connectivity index (χ1n) is 5.35. The van der Waals surface area contributed by atoms with Crippen LogP contribution in [0.4, 0.5) is 0 Å². The molecule has 1 N–H and O–H groups in total. The molecule has 16 heavy (non-hydrogen) atoms. The molecule has 90 valence electrons. The number of amides is 1. The van der Waals surface area contributed by atoms with Crippen molar-refractivity contribution < 1.29 is 4.79 Å². The lowest BCUT2D eigenvalue weighted by atomic mass is 10.1. The molecule has 0 fully saturated rings. The Morgan fingerprint density at radius 2 is 2.38 bits per heavy atom. The quantitative estimate of drug-likeness (QED) is 0.844. The first-order chi connectivity index (χ1) is 7.54. The monoisotopic (exact) mass is 241 g/mol. The van der Waals surface area contributed by atoms with Crippen LogP contribution in [0.1, 0.15) is 16.8 Å². The van der Waals surface area contributed by atoms with Gasteiger partial charge >= 0.3 is 0 Å². The molecular weight excluding hydrogens is 222 g/mol. The lowest BCUT2D eigenvalue weighted by molar-refractivity contribution is -0.134. The highest BCUT2D eigenvalue weighted by molar-refractivity contribution is 7.11. The third-order valence-corrected chi connectivity index (χ3v) is 3.27. The van der Waals surface area contributed by atoms with Gasteiger partial charge in [-0.1, -0.05) is 6.92 Å². The van der Waals surface area contributed by atoms with E-state index in [0.29, 0.717) is 13.1 Å². The van der Waals surface area contributed by atoms with Gasteiger partial charge in [-0.15, -0.1) is 11.3 Å². The number of aryl methyl sites for hydroxylation is 1. The predicted molar refractivity (Wildman–Crippen MR) is 66.4 cm³/mol. The number of hydrogen-bond acceptors (Lipinski definition) is 4. The molecule has 1 unspecified atom stereocenters. The van der Waals surface area contributed by atoms with E-state index in [1.165, 1.54) is 0 Å². The summed E-state index contributed by atoms with van der Waals surface area (Å²) >= 11 is 1.64. The van der Waals surface area contributed by atoms with Crippen LogP contribution in [0.5, 0.6) is 0 Å². The number of hydrogen-bond donors (Lipinski definition) is 1. The molecule has 0 aliphatic rings. The molecule has 4 nitrogen and oxygen atoms in total. The molecule has 0 spiro atoms. The number of carbonyl (C=O) groups excluding carboxylic acids is 1. The summed E-state index contributed by atoms with van der Waals surface area (Å²) in [6.07, 6.45) is 1.84. The van der Waals surface area contributed by atoms with Crippen molar-refractivity contribution >= 4 is 17.2 Å². The predicted octanol–water partition coefficient (Wildman–Crippen LogP) is 1.27. The summed E-state index contributed by atoms with van der Waals surface area (Å²) < 4.78 is 0. The van der Waals surface area contributed by atoms with Gasteiger partial charge in [0, 0.05) is 30.6 Å². The highest BCUT2D eigenvalue weighted by Crippen LogP contribution is 2.14. The van der Waals surface area contributed by atoms with E-state index in [2.05, 4.69) is 10.3 Å². The normalized spacial score (nSPS) is 12.5. The zero-order valence-electron chi connectivity index (χ0n) is 10.3. The number of carbonyl (C=O) groups is 1. The van der Waals surface area contributed by atoms with Gasteiger partial charge in [-0.05, 0) is 14.0 Å². The van der Waals surface area contributed by atoms with Crippen LogP contribution >= 0.6 is 11.3 Å². The van der Waals surface area contributed by atoms with Crippen LogP contribution < -0.4 is 5.32 Å². The fourth-order valence-electron chi connectivity index (χ4n) is 1.56. The van der Waals surface area contributed by atoms with Crippen molar-refractivity contribution in [3.05, 3.63) is 16.1 Å². The lowest BCUT2D eigenvalue weighted by Crippen LogP contribution is -2.35. The van der Waals surface area contributed by atoms with Crippen LogP contribution in [-0.4, -0.2) is 36.4 Å². The molecule has 0 aromatic carbocycles. The highest BCUT2D eigenvalue weighted by atomic mass is 32.1. The molecule has 0 aliphatic carbocycles. The number of nitrogens with one attached hydrogen (secondary N) is 1. The number of rotatable bonds is 5. The highest BCUT2D eigenvalue weighted by Gasteiger charge is 2.17. The molecule has 0 saturated heterocycles. The van der Waals surface area contributed by atoms with E-state index in [9.17, 15) is 4.79 Å². The van der Waals surface area contributed by atoms with Crippen LogP contribution in [0.2, 0.25) is 0 Å². The average Bonchev–Trinajstić information content (AvgIpc) is 2.63. The van der Waals surface area contributed by atoms with Crippen molar-refractivity contribution in [2.45, 2.75) is 20.4 Å². The van der Waals surface area contributed by atoms with Gasteiger partial charge in [0.05, 0.1) is 11.6 Å². The van der Waals surface area contributed by atoms with E-state index in [1.54, 1.807) is 16.2 Å². The number of aromatic nitrogens is 1. The first kappa shape index (κ1) is 13.1. The van der Waals surface area contributed by atoms with Crippen LogP contribution in [0.15, 0.2) is 6.20 Å². The van der Waals surface area contributed by atoms with Crippen LogP contribution in [0.25, 0.3) is 0 Å². The molecule has 0 bridgehead atoms. The molecule has 1 heterocycles. The van der Waals surface area contributed by atoms with Crippen LogP contribution in [0.3, 0.4) is 0 Å². The fourth-order valence-corrected chi connectivity index (χ4v) is 2.41. The van der Waals surface area contributed by atoms with Gasteiger partial charge in [-0.25, -0.2) is 4.98 Å². The Morgan fingerprint density at radius 3 is 2.88 bits per heavy atom. The van der Waals surface area contributed by atoms with Gasteiger partial charge in [0.1, 0.15) is 0 Å². The van der Waals surface area contributed by atoms with Crippen LogP contribution in [-0.2, 0) is 11.3 Å². The second kappa shape index (κ2) is 5.96. The molecular formula is C11H19N3OS. The van der Waals surface area contributed by atoms with Gasteiger partial charge in [-0.3, -0.25) is 4.79 Å². The zero-order valence-corrected chi connectivity index (χ0v) is 11.1. The van der Waals surface area contributed by atoms with Crippen molar-refractivity contribution in [2.75, 3.05) is 20.6 Å². The summed E-state index contributed by atoms with van der Waals surface area (Å²) in [6, 6.07) is 0. The minimum absolute atomic E-state index is 0.0176. The van der Waals surface area contributed by atoms with Crippen LogP contribution in [0, 0.1) is 12.8 Å². The molecule has 5 heteroatoms. The van der Waals surface area contributed by atoms with Gasteiger partial charge in [0.2, 0.25) is 5.91 Å². The van der Waals surface area contributed by atoms with E-state index in [-0.39, 0.29) is 11.8 Å². The van der Waals surface area contributed by atoms with Crippen molar-refractivity contribution in [3.63, 3.8) is 0 Å². The van der Waals surface area contributed by atoms with Crippen molar-refractivity contribution in [1.29, 1.82) is 0 Å². The maximum absolute atomic E-state index is 11.9. The Labute approximate surface area is 101 Å². The second-order valence-corrected chi connectivity index (χ2v) is 5.32. The molecule has 1 aromatic heterocycles. The minimum Gasteiger partial charge on any atom is -0.340 e. The lowest BCUT2D eigenvalue weighted by Gasteiger charge is -2.20. The Morgan fingerprint density at radius 1 is 1.69 bits per heavy atom. The number of thiazole rings is 1. The third-order valence-electron chi connectivity index (χ3n) is 2.37.